The van der Waals surface area contributed by atoms with Gasteiger partial charge in [0.15, 0.2) is 0 Å². The van der Waals surface area contributed by atoms with Gasteiger partial charge < -0.3 is 10.1 Å². The smallest absolute Gasteiger partial charge is 0.137 e. The molecule has 0 radical (unpaired) electrons. The highest BCUT2D eigenvalue weighted by molar-refractivity contribution is 9.10. The number of halogens is 3. The molecule has 0 aromatic heterocycles. The number of hydrogen-bond donors (Lipinski definition) is 1. The number of hydrogen-bond acceptors (Lipinski definition) is 2. The summed E-state index contributed by atoms with van der Waals surface area (Å²) in [5.74, 6) is 0.399. The Morgan fingerprint density at radius 1 is 1.25 bits per heavy atom. The molecule has 0 unspecified atom stereocenters. The Bertz CT molecular complexity index is 606. The van der Waals surface area contributed by atoms with E-state index in [0.29, 0.717) is 21.8 Å². The molecule has 106 valence electrons. The molecule has 0 spiro atoms. The fraction of sp³-hybridized carbons (Fsp3) is 0.200. The van der Waals surface area contributed by atoms with E-state index in [1.54, 1.807) is 6.07 Å². The third kappa shape index (κ3) is 3.51. The summed E-state index contributed by atoms with van der Waals surface area (Å²) in [4.78, 5) is 0. The number of ether oxygens (including phenoxy) is 1. The molecule has 2 aromatic rings. The molecule has 0 bridgehead atoms. The van der Waals surface area contributed by atoms with E-state index >= 15 is 0 Å². The zero-order chi connectivity index (χ0) is 14.5. The molecule has 0 saturated carbocycles. The molecule has 0 aliphatic rings. The van der Waals surface area contributed by atoms with E-state index in [0.717, 1.165) is 11.1 Å². The van der Waals surface area contributed by atoms with Gasteiger partial charge >= 0.3 is 0 Å². The van der Waals surface area contributed by atoms with Crippen molar-refractivity contribution >= 4 is 27.5 Å². The molecule has 0 atom stereocenters. The second kappa shape index (κ2) is 7.07. The van der Waals surface area contributed by atoms with Crippen molar-refractivity contribution in [3.8, 4) is 5.75 Å². The van der Waals surface area contributed by atoms with Gasteiger partial charge in [0.1, 0.15) is 18.2 Å². The van der Waals surface area contributed by atoms with Crippen LogP contribution < -0.4 is 10.1 Å². The Kier molecular flexibility index (Phi) is 5.40. The van der Waals surface area contributed by atoms with Gasteiger partial charge in [-0.05, 0) is 41.2 Å². The Labute approximate surface area is 131 Å². The van der Waals surface area contributed by atoms with Gasteiger partial charge in [0, 0.05) is 22.7 Å². The Hall–Kier alpha value is -1.10. The standard InChI is InChI=1S/C15H14BrClFNO/c1-19-8-11-12(17)5-3-7-14(11)20-9-10-4-2-6-13(18)15(10)16/h2-7,19H,8-9H2,1H3. The van der Waals surface area contributed by atoms with Gasteiger partial charge in [0.2, 0.25) is 0 Å². The van der Waals surface area contributed by atoms with E-state index in [1.807, 2.05) is 31.3 Å². The third-order valence-corrected chi connectivity index (χ3v) is 4.09. The van der Waals surface area contributed by atoms with Crippen LogP contribution in [0.3, 0.4) is 0 Å². The molecule has 2 aromatic carbocycles. The fourth-order valence-electron chi connectivity index (χ4n) is 1.84. The lowest BCUT2D eigenvalue weighted by Crippen LogP contribution is -2.08. The molecule has 0 fully saturated rings. The van der Waals surface area contributed by atoms with E-state index in [-0.39, 0.29) is 12.4 Å². The molecule has 5 heteroatoms. The van der Waals surface area contributed by atoms with E-state index in [4.69, 9.17) is 16.3 Å². The van der Waals surface area contributed by atoms with Crippen LogP contribution in [0.25, 0.3) is 0 Å². The average molecular weight is 359 g/mol. The van der Waals surface area contributed by atoms with Crippen LogP contribution in [0.5, 0.6) is 5.75 Å². The summed E-state index contributed by atoms with van der Waals surface area (Å²) < 4.78 is 19.6. The van der Waals surface area contributed by atoms with Gasteiger partial charge in [-0.2, -0.15) is 0 Å². The number of benzene rings is 2. The molecular weight excluding hydrogens is 345 g/mol. The first-order valence-corrected chi connectivity index (χ1v) is 7.28. The lowest BCUT2D eigenvalue weighted by molar-refractivity contribution is 0.301. The minimum atomic E-state index is -0.298. The van der Waals surface area contributed by atoms with Crippen LogP contribution >= 0.6 is 27.5 Å². The zero-order valence-electron chi connectivity index (χ0n) is 10.9. The summed E-state index contributed by atoms with van der Waals surface area (Å²) in [7, 11) is 1.84. The zero-order valence-corrected chi connectivity index (χ0v) is 13.3. The van der Waals surface area contributed by atoms with Gasteiger partial charge in [-0.25, -0.2) is 4.39 Å². The quantitative estimate of drug-likeness (QED) is 0.847. The predicted octanol–water partition coefficient (Wildman–Crippen LogP) is 4.54. The number of nitrogens with one attached hydrogen (secondary N) is 1. The molecule has 0 heterocycles. The van der Waals surface area contributed by atoms with Crippen molar-refractivity contribution in [2.75, 3.05) is 7.05 Å². The summed E-state index contributed by atoms with van der Waals surface area (Å²) in [5, 5.41) is 3.70. The molecular formula is C15H14BrClFNO. The van der Waals surface area contributed by atoms with E-state index < -0.39 is 0 Å². The van der Waals surface area contributed by atoms with Gasteiger partial charge in [-0.15, -0.1) is 0 Å². The first-order chi connectivity index (χ1) is 9.63. The minimum Gasteiger partial charge on any atom is -0.488 e. The lowest BCUT2D eigenvalue weighted by atomic mass is 10.2. The monoisotopic (exact) mass is 357 g/mol. The summed E-state index contributed by atoms with van der Waals surface area (Å²) in [6, 6.07) is 10.4. The maximum Gasteiger partial charge on any atom is 0.137 e. The van der Waals surface area contributed by atoms with Crippen molar-refractivity contribution in [1.29, 1.82) is 0 Å². The van der Waals surface area contributed by atoms with Gasteiger partial charge in [-0.1, -0.05) is 29.8 Å². The predicted molar refractivity (Wildman–Crippen MR) is 82.6 cm³/mol. The Balaban J connectivity index is 2.19. The first kappa shape index (κ1) is 15.3. The number of rotatable bonds is 5. The summed E-state index contributed by atoms with van der Waals surface area (Å²) in [6.07, 6.45) is 0. The summed E-state index contributed by atoms with van der Waals surface area (Å²) >= 11 is 9.38. The van der Waals surface area contributed by atoms with Gasteiger partial charge in [0.05, 0.1) is 4.47 Å². The molecule has 20 heavy (non-hydrogen) atoms. The van der Waals surface area contributed by atoms with Crippen molar-refractivity contribution < 1.29 is 9.13 Å². The van der Waals surface area contributed by atoms with Crippen molar-refractivity contribution in [3.63, 3.8) is 0 Å². The Morgan fingerprint density at radius 2 is 2.00 bits per heavy atom. The highest BCUT2D eigenvalue weighted by Crippen LogP contribution is 2.28. The van der Waals surface area contributed by atoms with Crippen LogP contribution in [-0.2, 0) is 13.2 Å². The van der Waals surface area contributed by atoms with E-state index in [1.165, 1.54) is 6.07 Å². The topological polar surface area (TPSA) is 21.3 Å². The van der Waals surface area contributed by atoms with Crippen LogP contribution in [0, 0.1) is 5.82 Å². The minimum absolute atomic E-state index is 0.273. The SMILES string of the molecule is CNCc1c(Cl)cccc1OCc1cccc(F)c1Br. The lowest BCUT2D eigenvalue weighted by Gasteiger charge is -2.13. The van der Waals surface area contributed by atoms with Gasteiger partial charge in [-0.3, -0.25) is 0 Å². The maximum absolute atomic E-state index is 13.4. The van der Waals surface area contributed by atoms with Crippen molar-refractivity contribution in [2.45, 2.75) is 13.2 Å². The second-order valence-electron chi connectivity index (χ2n) is 4.25. The van der Waals surface area contributed by atoms with Crippen molar-refractivity contribution in [2.24, 2.45) is 0 Å². The van der Waals surface area contributed by atoms with Crippen LogP contribution in [-0.4, -0.2) is 7.05 Å². The van der Waals surface area contributed by atoms with Crippen LogP contribution in [0.15, 0.2) is 40.9 Å². The van der Waals surface area contributed by atoms with Crippen LogP contribution in [0.1, 0.15) is 11.1 Å². The second-order valence-corrected chi connectivity index (χ2v) is 5.45. The highest BCUT2D eigenvalue weighted by Gasteiger charge is 2.10. The Morgan fingerprint density at radius 3 is 2.75 bits per heavy atom. The van der Waals surface area contributed by atoms with Crippen LogP contribution in [0.2, 0.25) is 5.02 Å². The molecule has 0 saturated heterocycles. The molecule has 1 N–H and O–H groups in total. The normalized spacial score (nSPS) is 10.6. The van der Waals surface area contributed by atoms with Crippen molar-refractivity contribution in [1.82, 2.24) is 5.32 Å². The van der Waals surface area contributed by atoms with E-state index in [9.17, 15) is 4.39 Å². The average Bonchev–Trinajstić information content (AvgIpc) is 2.44. The van der Waals surface area contributed by atoms with Crippen LogP contribution in [0.4, 0.5) is 4.39 Å². The summed E-state index contributed by atoms with van der Waals surface area (Å²) in [5.41, 5.74) is 1.64. The molecule has 2 nitrogen and oxygen atoms in total. The molecule has 0 aliphatic carbocycles. The van der Waals surface area contributed by atoms with E-state index in [2.05, 4.69) is 21.2 Å². The first-order valence-electron chi connectivity index (χ1n) is 6.11. The maximum atomic E-state index is 13.4. The highest BCUT2D eigenvalue weighted by atomic mass is 79.9. The van der Waals surface area contributed by atoms with Crippen molar-refractivity contribution in [3.05, 3.63) is 62.8 Å². The molecule has 2 rings (SSSR count). The third-order valence-electron chi connectivity index (χ3n) is 2.84. The largest absolute Gasteiger partial charge is 0.488 e. The molecule has 0 aliphatic heterocycles. The molecule has 0 amide bonds. The summed E-state index contributed by atoms with van der Waals surface area (Å²) in [6.45, 7) is 0.884. The van der Waals surface area contributed by atoms with Gasteiger partial charge in [0.25, 0.3) is 0 Å². The fourth-order valence-corrected chi connectivity index (χ4v) is 2.45.